The number of nitrogens with one attached hydrogen (secondary N) is 1. The SMILES string of the molecule is Cc1ccccc1-c1coc(C2CCN(c3nc4c(c(N[C@H]5CCC(=O)N(C)C5)n3)SC(=O)C4)CC2)n1. The highest BCUT2D eigenvalue weighted by Gasteiger charge is 2.32. The standard InChI is InChI=1S/C27H30N6O3S/c1-16-5-3-4-6-19(16)21-15-36-26(29-21)17-9-11-33(12-10-17)27-30-20-13-23(35)37-24(20)25(31-27)28-18-7-8-22(34)32(2)14-18/h3-6,15,17-18H,7-14H2,1-2H3,(H,28,30,31)/t18-/m0/s1. The predicted molar refractivity (Wildman–Crippen MR) is 142 cm³/mol. The number of aromatic nitrogens is 3. The third-order valence-electron chi connectivity index (χ3n) is 7.49. The van der Waals surface area contributed by atoms with Gasteiger partial charge in [0.2, 0.25) is 11.9 Å². The summed E-state index contributed by atoms with van der Waals surface area (Å²) in [4.78, 5) is 43.4. The summed E-state index contributed by atoms with van der Waals surface area (Å²) in [5.74, 6) is 2.56. The number of aryl methyl sites for hydroxylation is 1. The van der Waals surface area contributed by atoms with Crippen molar-refractivity contribution in [3.05, 3.63) is 47.7 Å². The molecule has 0 radical (unpaired) electrons. The number of piperidine rings is 2. The first-order chi connectivity index (χ1) is 17.9. The normalized spacial score (nSPS) is 20.4. The van der Waals surface area contributed by atoms with Crippen LogP contribution in [0.2, 0.25) is 0 Å². The molecule has 6 rings (SSSR count). The van der Waals surface area contributed by atoms with Crippen molar-refractivity contribution in [1.29, 1.82) is 0 Å². The number of likely N-dealkylation sites (tertiary alicyclic amines) is 1. The van der Waals surface area contributed by atoms with Crippen LogP contribution in [0.3, 0.4) is 0 Å². The van der Waals surface area contributed by atoms with Gasteiger partial charge in [-0.2, -0.15) is 4.98 Å². The molecule has 2 saturated heterocycles. The Morgan fingerprint density at radius 3 is 2.68 bits per heavy atom. The molecule has 10 heteroatoms. The van der Waals surface area contributed by atoms with Gasteiger partial charge in [0, 0.05) is 50.6 Å². The maximum Gasteiger partial charge on any atom is 0.227 e. The molecule has 3 aromatic rings. The Morgan fingerprint density at radius 2 is 1.89 bits per heavy atom. The topological polar surface area (TPSA) is 104 Å². The Labute approximate surface area is 220 Å². The van der Waals surface area contributed by atoms with E-state index in [-0.39, 0.29) is 23.0 Å². The Balaban J connectivity index is 1.17. The van der Waals surface area contributed by atoms with Crippen LogP contribution in [-0.2, 0) is 16.0 Å². The van der Waals surface area contributed by atoms with Gasteiger partial charge in [0.25, 0.3) is 0 Å². The Bertz CT molecular complexity index is 1350. The summed E-state index contributed by atoms with van der Waals surface area (Å²) in [6.45, 7) is 4.27. The molecule has 0 unspecified atom stereocenters. The summed E-state index contributed by atoms with van der Waals surface area (Å²) in [6.07, 6.45) is 5.13. The molecular weight excluding hydrogens is 488 g/mol. The van der Waals surface area contributed by atoms with E-state index in [9.17, 15) is 9.59 Å². The third kappa shape index (κ3) is 4.82. The largest absolute Gasteiger partial charge is 0.448 e. The number of thioether (sulfide) groups is 1. The fourth-order valence-electron chi connectivity index (χ4n) is 5.35. The zero-order chi connectivity index (χ0) is 25.5. The Hall–Kier alpha value is -3.40. The van der Waals surface area contributed by atoms with E-state index >= 15 is 0 Å². The van der Waals surface area contributed by atoms with Crippen LogP contribution in [0, 0.1) is 6.92 Å². The van der Waals surface area contributed by atoms with Gasteiger partial charge in [0.15, 0.2) is 11.0 Å². The van der Waals surface area contributed by atoms with E-state index < -0.39 is 0 Å². The van der Waals surface area contributed by atoms with E-state index in [0.29, 0.717) is 31.2 Å². The van der Waals surface area contributed by atoms with Crippen LogP contribution in [-0.4, -0.2) is 63.6 Å². The molecule has 1 atom stereocenters. The monoisotopic (exact) mass is 518 g/mol. The van der Waals surface area contributed by atoms with Crippen molar-refractivity contribution in [2.75, 3.05) is 36.9 Å². The molecule has 0 spiro atoms. The first-order valence-electron chi connectivity index (χ1n) is 12.8. The molecule has 3 aliphatic heterocycles. The highest BCUT2D eigenvalue weighted by molar-refractivity contribution is 8.14. The molecule has 1 aromatic carbocycles. The molecule has 1 N–H and O–H groups in total. The number of nitrogens with zero attached hydrogens (tertiary/aromatic N) is 5. The number of hydrogen-bond donors (Lipinski definition) is 1. The van der Waals surface area contributed by atoms with Crippen molar-refractivity contribution in [2.24, 2.45) is 0 Å². The summed E-state index contributed by atoms with van der Waals surface area (Å²) in [5.41, 5.74) is 3.95. The van der Waals surface area contributed by atoms with Gasteiger partial charge < -0.3 is 19.5 Å². The lowest BCUT2D eigenvalue weighted by atomic mass is 9.97. The number of rotatable bonds is 5. The minimum Gasteiger partial charge on any atom is -0.448 e. The number of oxazole rings is 1. The highest BCUT2D eigenvalue weighted by atomic mass is 32.2. The van der Waals surface area contributed by atoms with Crippen LogP contribution in [0.25, 0.3) is 11.3 Å². The van der Waals surface area contributed by atoms with E-state index in [0.717, 1.165) is 60.1 Å². The number of likely N-dealkylation sites (N-methyl/N-ethyl adjacent to an activating group) is 1. The molecule has 2 aromatic heterocycles. The van der Waals surface area contributed by atoms with Crippen molar-refractivity contribution in [1.82, 2.24) is 19.9 Å². The van der Waals surface area contributed by atoms with Gasteiger partial charge in [-0.05, 0) is 43.5 Å². The van der Waals surface area contributed by atoms with Crippen molar-refractivity contribution < 1.29 is 14.0 Å². The van der Waals surface area contributed by atoms with E-state index in [2.05, 4.69) is 29.3 Å². The first kappa shape index (κ1) is 24.0. The van der Waals surface area contributed by atoms with E-state index in [1.807, 2.05) is 19.2 Å². The van der Waals surface area contributed by atoms with Crippen LogP contribution >= 0.6 is 11.8 Å². The van der Waals surface area contributed by atoms with Crippen molar-refractivity contribution in [2.45, 2.75) is 55.9 Å². The second-order valence-electron chi connectivity index (χ2n) is 10.1. The third-order valence-corrected chi connectivity index (χ3v) is 8.49. The molecule has 0 saturated carbocycles. The summed E-state index contributed by atoms with van der Waals surface area (Å²) in [7, 11) is 1.83. The average Bonchev–Trinajstić information content (AvgIpc) is 3.53. The molecule has 0 aliphatic carbocycles. The summed E-state index contributed by atoms with van der Waals surface area (Å²) >= 11 is 1.22. The Kier molecular flexibility index (Phi) is 6.36. The van der Waals surface area contributed by atoms with Crippen molar-refractivity contribution in [3.63, 3.8) is 0 Å². The molecule has 37 heavy (non-hydrogen) atoms. The number of benzene rings is 1. The first-order valence-corrected chi connectivity index (χ1v) is 13.6. The van der Waals surface area contributed by atoms with E-state index in [1.54, 1.807) is 11.2 Å². The van der Waals surface area contributed by atoms with E-state index in [1.165, 1.54) is 17.3 Å². The molecular formula is C27H30N6O3S. The van der Waals surface area contributed by atoms with Crippen LogP contribution in [0.4, 0.5) is 11.8 Å². The van der Waals surface area contributed by atoms with Crippen LogP contribution in [0.15, 0.2) is 39.8 Å². The van der Waals surface area contributed by atoms with Crippen LogP contribution in [0.5, 0.6) is 0 Å². The van der Waals surface area contributed by atoms with Gasteiger partial charge in [0.05, 0.1) is 17.0 Å². The summed E-state index contributed by atoms with van der Waals surface area (Å²) < 4.78 is 5.91. The van der Waals surface area contributed by atoms with Crippen LogP contribution in [0.1, 0.15) is 48.7 Å². The molecule has 0 bridgehead atoms. The van der Waals surface area contributed by atoms with Gasteiger partial charge >= 0.3 is 0 Å². The number of amides is 1. The molecule has 2 fully saturated rings. The number of anilines is 2. The lowest BCUT2D eigenvalue weighted by Crippen LogP contribution is -2.43. The molecule has 1 amide bonds. The van der Waals surface area contributed by atoms with Crippen molar-refractivity contribution >= 4 is 34.6 Å². The zero-order valence-electron chi connectivity index (χ0n) is 21.1. The second-order valence-corrected chi connectivity index (χ2v) is 11.2. The lowest BCUT2D eigenvalue weighted by Gasteiger charge is -2.32. The molecule has 192 valence electrons. The lowest BCUT2D eigenvalue weighted by molar-refractivity contribution is -0.132. The maximum atomic E-state index is 12.2. The van der Waals surface area contributed by atoms with Gasteiger partial charge in [-0.25, -0.2) is 9.97 Å². The smallest absolute Gasteiger partial charge is 0.227 e. The van der Waals surface area contributed by atoms with Gasteiger partial charge in [-0.15, -0.1) is 0 Å². The molecule has 3 aliphatic rings. The second kappa shape index (κ2) is 9.81. The van der Waals surface area contributed by atoms with Gasteiger partial charge in [0.1, 0.15) is 17.8 Å². The Morgan fingerprint density at radius 1 is 1.08 bits per heavy atom. The van der Waals surface area contributed by atoms with Crippen molar-refractivity contribution in [3.8, 4) is 11.3 Å². The molecule has 9 nitrogen and oxygen atoms in total. The summed E-state index contributed by atoms with van der Waals surface area (Å²) in [5, 5.41) is 3.61. The number of hydrogen-bond acceptors (Lipinski definition) is 9. The van der Waals surface area contributed by atoms with E-state index in [4.69, 9.17) is 19.4 Å². The highest BCUT2D eigenvalue weighted by Crippen LogP contribution is 2.39. The summed E-state index contributed by atoms with van der Waals surface area (Å²) in [6, 6.07) is 8.31. The number of carbonyl (C=O) groups excluding carboxylic acids is 2. The quantitative estimate of drug-likeness (QED) is 0.536. The van der Waals surface area contributed by atoms with Crippen LogP contribution < -0.4 is 10.2 Å². The number of carbonyl (C=O) groups is 2. The maximum absolute atomic E-state index is 12.2. The minimum atomic E-state index is 0.0903. The number of fused-ring (bicyclic) bond motifs is 1. The fraction of sp³-hybridized carbons (Fsp3) is 0.444. The van der Waals surface area contributed by atoms with Gasteiger partial charge in [-0.3, -0.25) is 9.59 Å². The predicted octanol–water partition coefficient (Wildman–Crippen LogP) is 4.03. The minimum absolute atomic E-state index is 0.0903. The zero-order valence-corrected chi connectivity index (χ0v) is 21.9. The molecule has 5 heterocycles. The fourth-order valence-corrected chi connectivity index (χ4v) is 6.22. The average molecular weight is 519 g/mol. The van der Waals surface area contributed by atoms with Gasteiger partial charge in [-0.1, -0.05) is 24.3 Å².